The molecule has 0 radical (unpaired) electrons. The Kier molecular flexibility index (Phi) is 5.54. The SMILES string of the molecule is Cc1c(Cl)cccc1-n1c(SCc2cc(=O)n3c(C)csc3n2)nnc1-c1ccncc1. The topological polar surface area (TPSA) is 78.0 Å². The van der Waals surface area contributed by atoms with Gasteiger partial charge in [0.25, 0.3) is 5.56 Å². The molecule has 0 saturated carbocycles. The van der Waals surface area contributed by atoms with Crippen LogP contribution in [0.3, 0.4) is 0 Å². The highest BCUT2D eigenvalue weighted by Gasteiger charge is 2.19. The van der Waals surface area contributed by atoms with Gasteiger partial charge in [0, 0.05) is 45.9 Å². The molecule has 0 aliphatic carbocycles. The molecule has 0 spiro atoms. The van der Waals surface area contributed by atoms with Gasteiger partial charge in [-0.15, -0.1) is 21.5 Å². The molecular weight excluding hydrogens is 464 g/mol. The maximum absolute atomic E-state index is 12.5. The molecule has 0 saturated heterocycles. The Morgan fingerprint density at radius 3 is 2.75 bits per heavy atom. The molecule has 4 aromatic heterocycles. The fourth-order valence-corrected chi connectivity index (χ4v) is 5.32. The molecule has 5 aromatic rings. The standard InChI is InChI=1S/C22H17ClN6OS2/c1-13-11-31-21-25-16(10-19(30)28(13)21)12-32-22-27-26-20(15-6-8-24-9-7-15)29(22)18-5-3-4-17(23)14(18)2/h3-11H,12H2,1-2H3. The lowest BCUT2D eigenvalue weighted by Gasteiger charge is -2.13. The zero-order valence-corrected chi connectivity index (χ0v) is 19.6. The Morgan fingerprint density at radius 1 is 1.12 bits per heavy atom. The predicted molar refractivity (Wildman–Crippen MR) is 128 cm³/mol. The number of hydrogen-bond acceptors (Lipinski definition) is 7. The number of aromatic nitrogens is 6. The number of fused-ring (bicyclic) bond motifs is 1. The summed E-state index contributed by atoms with van der Waals surface area (Å²) in [5.41, 5.74) is 4.23. The Labute approximate surface area is 196 Å². The van der Waals surface area contributed by atoms with Crippen molar-refractivity contribution in [3.8, 4) is 17.1 Å². The number of halogens is 1. The Balaban J connectivity index is 1.57. The lowest BCUT2D eigenvalue weighted by atomic mass is 10.2. The van der Waals surface area contributed by atoms with Crippen LogP contribution in [0.2, 0.25) is 5.02 Å². The van der Waals surface area contributed by atoms with Gasteiger partial charge < -0.3 is 0 Å². The maximum atomic E-state index is 12.5. The molecule has 0 unspecified atom stereocenters. The van der Waals surface area contributed by atoms with Gasteiger partial charge in [-0.05, 0) is 43.7 Å². The summed E-state index contributed by atoms with van der Waals surface area (Å²) in [7, 11) is 0. The summed E-state index contributed by atoms with van der Waals surface area (Å²) in [4.78, 5) is 22.0. The van der Waals surface area contributed by atoms with Crippen molar-refractivity contribution in [2.45, 2.75) is 24.8 Å². The van der Waals surface area contributed by atoms with E-state index in [0.717, 1.165) is 22.5 Å². The summed E-state index contributed by atoms with van der Waals surface area (Å²) in [6, 6.07) is 11.1. The van der Waals surface area contributed by atoms with Crippen LogP contribution in [-0.4, -0.2) is 29.1 Å². The average molecular weight is 481 g/mol. The van der Waals surface area contributed by atoms with Gasteiger partial charge in [0.1, 0.15) is 0 Å². The first kappa shape index (κ1) is 20.9. The van der Waals surface area contributed by atoms with E-state index >= 15 is 0 Å². The van der Waals surface area contributed by atoms with E-state index in [1.165, 1.54) is 23.1 Å². The Morgan fingerprint density at radius 2 is 1.94 bits per heavy atom. The van der Waals surface area contributed by atoms with E-state index in [1.54, 1.807) is 22.9 Å². The van der Waals surface area contributed by atoms with E-state index in [2.05, 4.69) is 20.2 Å². The molecule has 1 aromatic carbocycles. The Hall–Kier alpha value is -3.01. The van der Waals surface area contributed by atoms with Gasteiger partial charge in [-0.2, -0.15) is 0 Å². The van der Waals surface area contributed by atoms with E-state index in [4.69, 9.17) is 11.6 Å². The van der Waals surface area contributed by atoms with Crippen LogP contribution in [-0.2, 0) is 5.75 Å². The first-order valence-corrected chi connectivity index (χ1v) is 12.0. The molecule has 0 fully saturated rings. The second-order valence-electron chi connectivity index (χ2n) is 7.13. The van der Waals surface area contributed by atoms with E-state index in [-0.39, 0.29) is 5.56 Å². The summed E-state index contributed by atoms with van der Waals surface area (Å²) in [5, 5.41) is 12.2. The van der Waals surface area contributed by atoms with Crippen molar-refractivity contribution in [3.63, 3.8) is 0 Å². The number of thioether (sulfide) groups is 1. The molecule has 0 bridgehead atoms. The highest BCUT2D eigenvalue weighted by molar-refractivity contribution is 7.98. The molecule has 160 valence electrons. The van der Waals surface area contributed by atoms with Crippen LogP contribution in [0.25, 0.3) is 22.0 Å². The van der Waals surface area contributed by atoms with Crippen molar-refractivity contribution in [1.29, 1.82) is 0 Å². The third kappa shape index (κ3) is 3.72. The zero-order chi connectivity index (χ0) is 22.2. The van der Waals surface area contributed by atoms with Crippen LogP contribution >= 0.6 is 34.7 Å². The van der Waals surface area contributed by atoms with Crippen molar-refractivity contribution < 1.29 is 0 Å². The largest absolute Gasteiger partial charge is 0.270 e. The highest BCUT2D eigenvalue weighted by atomic mass is 35.5. The maximum Gasteiger partial charge on any atom is 0.258 e. The van der Waals surface area contributed by atoms with Crippen LogP contribution in [0, 0.1) is 13.8 Å². The molecule has 0 aliphatic heterocycles. The monoisotopic (exact) mass is 480 g/mol. The normalized spacial score (nSPS) is 11.3. The quantitative estimate of drug-likeness (QED) is 0.331. The molecule has 0 N–H and O–H groups in total. The fraction of sp³-hybridized carbons (Fsp3) is 0.136. The van der Waals surface area contributed by atoms with Crippen molar-refractivity contribution >= 4 is 39.7 Å². The third-order valence-electron chi connectivity index (χ3n) is 5.03. The number of benzene rings is 1. The molecule has 0 aliphatic rings. The van der Waals surface area contributed by atoms with Crippen LogP contribution in [0.1, 0.15) is 17.0 Å². The fourth-order valence-electron chi connectivity index (χ4n) is 3.42. The lowest BCUT2D eigenvalue weighted by Crippen LogP contribution is -2.14. The molecule has 32 heavy (non-hydrogen) atoms. The summed E-state index contributed by atoms with van der Waals surface area (Å²) < 4.78 is 3.61. The van der Waals surface area contributed by atoms with Crippen molar-refractivity contribution in [3.05, 3.63) is 86.5 Å². The van der Waals surface area contributed by atoms with E-state index in [0.29, 0.717) is 32.4 Å². The smallest absolute Gasteiger partial charge is 0.258 e. The van der Waals surface area contributed by atoms with Gasteiger partial charge in [-0.3, -0.25) is 18.7 Å². The number of hydrogen-bond donors (Lipinski definition) is 0. The van der Waals surface area contributed by atoms with Gasteiger partial charge in [-0.25, -0.2) is 4.98 Å². The first-order chi connectivity index (χ1) is 15.5. The van der Waals surface area contributed by atoms with E-state index in [9.17, 15) is 4.79 Å². The van der Waals surface area contributed by atoms with Gasteiger partial charge in [0.2, 0.25) is 0 Å². The molecule has 4 heterocycles. The second-order valence-corrected chi connectivity index (χ2v) is 9.32. The van der Waals surface area contributed by atoms with Crippen LogP contribution in [0.15, 0.2) is 64.1 Å². The minimum absolute atomic E-state index is 0.0750. The summed E-state index contributed by atoms with van der Waals surface area (Å²) in [6.07, 6.45) is 3.45. The van der Waals surface area contributed by atoms with Crippen LogP contribution < -0.4 is 5.56 Å². The molecule has 0 atom stereocenters. The van der Waals surface area contributed by atoms with E-state index in [1.807, 2.05) is 54.1 Å². The van der Waals surface area contributed by atoms with E-state index < -0.39 is 0 Å². The zero-order valence-electron chi connectivity index (χ0n) is 17.2. The molecule has 5 rings (SSSR count). The number of aryl methyl sites for hydroxylation is 1. The molecular formula is C22H17ClN6OS2. The Bertz CT molecular complexity index is 1490. The summed E-state index contributed by atoms with van der Waals surface area (Å²) in [5.74, 6) is 1.18. The number of rotatable bonds is 5. The van der Waals surface area contributed by atoms with Crippen molar-refractivity contribution in [1.82, 2.24) is 29.1 Å². The molecule has 10 heteroatoms. The number of nitrogens with zero attached hydrogens (tertiary/aromatic N) is 6. The van der Waals surface area contributed by atoms with Crippen molar-refractivity contribution in [2.24, 2.45) is 0 Å². The highest BCUT2D eigenvalue weighted by Crippen LogP contribution is 2.32. The van der Waals surface area contributed by atoms with Gasteiger partial charge >= 0.3 is 0 Å². The predicted octanol–water partition coefficient (Wildman–Crippen LogP) is 4.96. The van der Waals surface area contributed by atoms with Gasteiger partial charge in [0.05, 0.1) is 11.4 Å². The minimum Gasteiger partial charge on any atom is -0.270 e. The first-order valence-electron chi connectivity index (χ1n) is 9.74. The van der Waals surface area contributed by atoms with Crippen LogP contribution in [0.4, 0.5) is 0 Å². The third-order valence-corrected chi connectivity index (χ3v) is 7.35. The minimum atomic E-state index is -0.0750. The lowest BCUT2D eigenvalue weighted by molar-refractivity contribution is 0.879. The van der Waals surface area contributed by atoms with Crippen LogP contribution in [0.5, 0.6) is 0 Å². The summed E-state index contributed by atoms with van der Waals surface area (Å²) >= 11 is 9.34. The summed E-state index contributed by atoms with van der Waals surface area (Å²) in [6.45, 7) is 3.87. The molecule has 0 amide bonds. The molecule has 7 nitrogen and oxygen atoms in total. The van der Waals surface area contributed by atoms with Gasteiger partial charge in [0.15, 0.2) is 15.9 Å². The van der Waals surface area contributed by atoms with Gasteiger partial charge in [-0.1, -0.05) is 29.4 Å². The second kappa shape index (κ2) is 8.50. The number of pyridine rings is 1. The average Bonchev–Trinajstić information content (AvgIpc) is 3.39. The number of thiazole rings is 1. The van der Waals surface area contributed by atoms with Crippen molar-refractivity contribution in [2.75, 3.05) is 0 Å².